The highest BCUT2D eigenvalue weighted by atomic mass is 17.2. The predicted octanol–water partition coefficient (Wildman–Crippen LogP) is 6.23. The molecule has 0 spiro atoms. The Balaban J connectivity index is 1.72. The lowest BCUT2D eigenvalue weighted by Gasteiger charge is -2.13. The van der Waals surface area contributed by atoms with Gasteiger partial charge in [-0.15, -0.1) is 0 Å². The van der Waals surface area contributed by atoms with Gasteiger partial charge in [-0.2, -0.15) is 0 Å². The van der Waals surface area contributed by atoms with Crippen LogP contribution in [0, 0.1) is 0 Å². The van der Waals surface area contributed by atoms with Crippen molar-refractivity contribution in [3.63, 3.8) is 0 Å². The van der Waals surface area contributed by atoms with Crippen molar-refractivity contribution in [3.05, 3.63) is 95.6 Å². The van der Waals surface area contributed by atoms with Gasteiger partial charge in [0.15, 0.2) is 23.0 Å². The van der Waals surface area contributed by atoms with Crippen LogP contribution < -0.4 is 39.1 Å². The van der Waals surface area contributed by atoms with Gasteiger partial charge in [0.1, 0.15) is 6.61 Å². The Hall–Kier alpha value is -5.72. The van der Waals surface area contributed by atoms with Crippen LogP contribution in [0.4, 0.5) is 11.4 Å². The van der Waals surface area contributed by atoms with Crippen LogP contribution in [0.25, 0.3) is 12.2 Å². The number of allylic oxidation sites excluding steroid dienone is 4. The van der Waals surface area contributed by atoms with E-state index in [2.05, 4.69) is 10.6 Å². The first-order valence-electron chi connectivity index (χ1n) is 14.5. The minimum atomic E-state index is -0.423. The molecule has 0 unspecified atom stereocenters. The third kappa shape index (κ3) is 10.4. The van der Waals surface area contributed by atoms with Gasteiger partial charge in [-0.1, -0.05) is 42.5 Å². The number of carbonyl (C=O) groups is 2. The zero-order valence-corrected chi connectivity index (χ0v) is 27.9. The SMILES string of the molecule is COOCc1ccc(NC(=O)C=CC=Cc2cc(OC)c(OC)c(OC)c2)c(NC(=O)C=CC=Cc2cc(OC)c(OC)c(OC)c2)c1. The van der Waals surface area contributed by atoms with Crippen molar-refractivity contribution in [3.8, 4) is 34.5 Å². The number of nitrogens with one attached hydrogen (secondary N) is 2. The van der Waals surface area contributed by atoms with Gasteiger partial charge in [0, 0.05) is 12.2 Å². The fourth-order valence-electron chi connectivity index (χ4n) is 4.38. The maximum absolute atomic E-state index is 12.8. The minimum Gasteiger partial charge on any atom is -0.493 e. The molecule has 3 aromatic rings. The zero-order valence-electron chi connectivity index (χ0n) is 27.9. The van der Waals surface area contributed by atoms with E-state index in [0.717, 1.165) is 11.1 Å². The second-order valence-electron chi connectivity index (χ2n) is 9.64. The number of rotatable bonds is 17. The van der Waals surface area contributed by atoms with Crippen LogP contribution in [0.1, 0.15) is 16.7 Å². The summed E-state index contributed by atoms with van der Waals surface area (Å²) in [5.41, 5.74) is 3.01. The highest BCUT2D eigenvalue weighted by Crippen LogP contribution is 2.39. The van der Waals surface area contributed by atoms with Gasteiger partial charge in [0.2, 0.25) is 23.3 Å². The molecular weight excluding hydrogens is 620 g/mol. The van der Waals surface area contributed by atoms with Crippen molar-refractivity contribution in [1.29, 1.82) is 0 Å². The van der Waals surface area contributed by atoms with Crippen molar-refractivity contribution >= 4 is 35.3 Å². The Bertz CT molecular complexity index is 1630. The molecular formula is C36H40N2O10. The molecule has 0 saturated carbocycles. The highest BCUT2D eigenvalue weighted by molar-refractivity contribution is 6.06. The lowest BCUT2D eigenvalue weighted by molar-refractivity contribution is -0.282. The molecule has 0 saturated heterocycles. The summed E-state index contributed by atoms with van der Waals surface area (Å²) in [5, 5.41) is 5.60. The van der Waals surface area contributed by atoms with E-state index in [4.69, 9.17) is 38.2 Å². The average Bonchev–Trinajstić information content (AvgIpc) is 3.10. The molecule has 254 valence electrons. The topological polar surface area (TPSA) is 132 Å². The fourth-order valence-corrected chi connectivity index (χ4v) is 4.38. The molecule has 0 aromatic heterocycles. The Morgan fingerprint density at radius 3 is 1.40 bits per heavy atom. The van der Waals surface area contributed by atoms with Crippen molar-refractivity contribution in [2.45, 2.75) is 6.61 Å². The number of methoxy groups -OCH3 is 6. The van der Waals surface area contributed by atoms with Crippen LogP contribution >= 0.6 is 0 Å². The van der Waals surface area contributed by atoms with Crippen molar-refractivity contribution in [2.75, 3.05) is 60.4 Å². The van der Waals surface area contributed by atoms with Crippen LogP contribution in [0.2, 0.25) is 0 Å². The second kappa shape index (κ2) is 19.1. The van der Waals surface area contributed by atoms with E-state index in [1.54, 1.807) is 78.9 Å². The fraction of sp³-hybridized carbons (Fsp3) is 0.222. The molecule has 0 aliphatic heterocycles. The quantitative estimate of drug-likeness (QED) is 0.0743. The van der Waals surface area contributed by atoms with Gasteiger partial charge in [-0.3, -0.25) is 9.59 Å². The lowest BCUT2D eigenvalue weighted by Crippen LogP contribution is -2.14. The minimum absolute atomic E-state index is 0.132. The Kier molecular flexibility index (Phi) is 14.6. The molecule has 3 aromatic carbocycles. The van der Waals surface area contributed by atoms with Crippen LogP contribution in [-0.2, 0) is 26.0 Å². The molecule has 12 nitrogen and oxygen atoms in total. The predicted molar refractivity (Wildman–Crippen MR) is 184 cm³/mol. The molecule has 12 heteroatoms. The van der Waals surface area contributed by atoms with Crippen LogP contribution in [0.15, 0.2) is 78.9 Å². The Labute approximate surface area is 280 Å². The maximum atomic E-state index is 12.8. The summed E-state index contributed by atoms with van der Waals surface area (Å²) in [6.45, 7) is 0.132. The van der Waals surface area contributed by atoms with Crippen LogP contribution in [0.3, 0.4) is 0 Å². The van der Waals surface area contributed by atoms with E-state index in [-0.39, 0.29) is 6.61 Å². The first kappa shape index (κ1) is 36.7. The summed E-state index contributed by atoms with van der Waals surface area (Å²) in [6.07, 6.45) is 12.8. The van der Waals surface area contributed by atoms with Gasteiger partial charge < -0.3 is 39.1 Å². The molecule has 0 heterocycles. The molecule has 2 N–H and O–H groups in total. The number of amides is 2. The molecule has 3 rings (SSSR count). The smallest absolute Gasteiger partial charge is 0.248 e. The average molecular weight is 661 g/mol. The zero-order chi connectivity index (χ0) is 34.9. The first-order chi connectivity index (χ1) is 23.3. The number of ether oxygens (including phenoxy) is 6. The molecule has 2 amide bonds. The lowest BCUT2D eigenvalue weighted by atomic mass is 10.1. The van der Waals surface area contributed by atoms with Crippen LogP contribution in [0.5, 0.6) is 34.5 Å². The van der Waals surface area contributed by atoms with Crippen molar-refractivity contribution in [2.24, 2.45) is 0 Å². The monoisotopic (exact) mass is 660 g/mol. The second-order valence-corrected chi connectivity index (χ2v) is 9.64. The normalized spacial score (nSPS) is 11.3. The van der Waals surface area contributed by atoms with E-state index in [1.807, 2.05) is 0 Å². The number of hydrogen-bond acceptors (Lipinski definition) is 10. The summed E-state index contributed by atoms with van der Waals surface area (Å²) in [4.78, 5) is 35.3. The summed E-state index contributed by atoms with van der Waals surface area (Å²) >= 11 is 0. The Morgan fingerprint density at radius 1 is 0.562 bits per heavy atom. The van der Waals surface area contributed by atoms with Crippen LogP contribution in [-0.4, -0.2) is 61.6 Å². The Morgan fingerprint density at radius 2 is 1.00 bits per heavy atom. The van der Waals surface area contributed by atoms with E-state index >= 15 is 0 Å². The summed E-state index contributed by atoms with van der Waals surface area (Å²) in [7, 11) is 10.6. The van der Waals surface area contributed by atoms with Crippen molar-refractivity contribution < 1.29 is 47.8 Å². The summed E-state index contributed by atoms with van der Waals surface area (Å²) in [5.74, 6) is 2.17. The first-order valence-corrected chi connectivity index (χ1v) is 14.5. The largest absolute Gasteiger partial charge is 0.493 e. The summed E-state index contributed by atoms with van der Waals surface area (Å²) in [6, 6.07) is 12.2. The number of anilines is 2. The molecule has 0 radical (unpaired) electrons. The number of benzene rings is 3. The van der Waals surface area contributed by atoms with Gasteiger partial charge in [-0.05, 0) is 53.1 Å². The maximum Gasteiger partial charge on any atom is 0.248 e. The number of carbonyl (C=O) groups excluding carboxylic acids is 2. The van der Waals surface area contributed by atoms with Gasteiger partial charge in [0.05, 0.1) is 61.1 Å². The van der Waals surface area contributed by atoms with E-state index in [9.17, 15) is 9.59 Å². The molecule has 0 atom stereocenters. The van der Waals surface area contributed by atoms with E-state index in [0.29, 0.717) is 51.4 Å². The van der Waals surface area contributed by atoms with Gasteiger partial charge in [-0.25, -0.2) is 9.78 Å². The van der Waals surface area contributed by atoms with E-state index < -0.39 is 11.8 Å². The number of hydrogen-bond donors (Lipinski definition) is 2. The van der Waals surface area contributed by atoms with Gasteiger partial charge >= 0.3 is 0 Å². The van der Waals surface area contributed by atoms with Gasteiger partial charge in [0.25, 0.3) is 0 Å². The highest BCUT2D eigenvalue weighted by Gasteiger charge is 2.13. The standard InChI is InChI=1S/C36H40N2O10/c1-41-29-19-24(20-30(42-2)35(29)45-5)12-8-10-14-33(39)37-27-17-16-26(23-48-47-7)18-28(27)38-34(40)15-11-9-13-25-21-31(43-3)36(46-6)32(22-25)44-4/h8-22H,23H2,1-7H3,(H,37,39)(H,38,40). The molecule has 0 aliphatic rings. The molecule has 0 fully saturated rings. The summed E-state index contributed by atoms with van der Waals surface area (Å²) < 4.78 is 32.2. The third-order valence-electron chi connectivity index (χ3n) is 6.61. The molecule has 48 heavy (non-hydrogen) atoms. The molecule has 0 bridgehead atoms. The third-order valence-corrected chi connectivity index (χ3v) is 6.61. The molecule has 0 aliphatic carbocycles. The van der Waals surface area contributed by atoms with E-state index in [1.165, 1.54) is 61.9 Å². The van der Waals surface area contributed by atoms with Crippen molar-refractivity contribution in [1.82, 2.24) is 0 Å².